The molecule has 1 rings (SSSR count). The Hall–Kier alpha value is -1.92. The monoisotopic (exact) mass is 269 g/mol. The predicted octanol–water partition coefficient (Wildman–Crippen LogP) is 0.0525. The number of carbonyl (C=O) groups is 3. The summed E-state index contributed by atoms with van der Waals surface area (Å²) in [7, 11) is 0. The summed E-state index contributed by atoms with van der Waals surface area (Å²) in [6.07, 6.45) is 0.520. The van der Waals surface area contributed by atoms with Crippen LogP contribution in [0, 0.1) is 0 Å². The van der Waals surface area contributed by atoms with Crippen molar-refractivity contribution in [3.63, 3.8) is 0 Å². The molecule has 2 amide bonds. The zero-order valence-corrected chi connectivity index (χ0v) is 11.4. The highest BCUT2D eigenvalue weighted by Gasteiger charge is 2.27. The first-order chi connectivity index (χ1) is 8.95. The summed E-state index contributed by atoms with van der Waals surface area (Å²) in [4.78, 5) is 36.1. The van der Waals surface area contributed by atoms with E-state index in [-0.39, 0.29) is 49.6 Å². The Kier molecular flexibility index (Phi) is 5.47. The third-order valence-corrected chi connectivity index (χ3v) is 2.64. The first-order valence-electron chi connectivity index (χ1n) is 6.27. The predicted molar refractivity (Wildman–Crippen MR) is 68.3 cm³/mol. The zero-order chi connectivity index (χ0) is 14.4. The van der Waals surface area contributed by atoms with Gasteiger partial charge in [-0.15, -0.1) is 0 Å². The molecule has 0 fully saturated rings. The Morgan fingerprint density at radius 3 is 2.58 bits per heavy atom. The molecule has 1 N–H and O–H groups in total. The highest BCUT2D eigenvalue weighted by molar-refractivity contribution is 6.39. The summed E-state index contributed by atoms with van der Waals surface area (Å²) >= 11 is 0. The Bertz CT molecular complexity index is 404. The largest absolute Gasteiger partial charge is 0.465 e. The topological polar surface area (TPSA) is 88.1 Å². The quantitative estimate of drug-likeness (QED) is 0.714. The fraction of sp³-hybridized carbons (Fsp3) is 0.667. The van der Waals surface area contributed by atoms with Gasteiger partial charge in [-0.25, -0.2) is 5.43 Å². The summed E-state index contributed by atoms with van der Waals surface area (Å²) in [6.45, 7) is 5.48. The van der Waals surface area contributed by atoms with Crippen LogP contribution in [0.5, 0.6) is 0 Å². The van der Waals surface area contributed by atoms with Gasteiger partial charge in [-0.1, -0.05) is 0 Å². The summed E-state index contributed by atoms with van der Waals surface area (Å²) < 4.78 is 4.83. The van der Waals surface area contributed by atoms with Gasteiger partial charge in [0.25, 0.3) is 5.91 Å². The molecule has 0 bridgehead atoms. The van der Waals surface area contributed by atoms with Crippen LogP contribution < -0.4 is 5.43 Å². The van der Waals surface area contributed by atoms with Crippen molar-refractivity contribution in [1.29, 1.82) is 0 Å². The van der Waals surface area contributed by atoms with E-state index < -0.39 is 5.97 Å². The first kappa shape index (κ1) is 15.1. The molecular formula is C12H19N3O4. The summed E-state index contributed by atoms with van der Waals surface area (Å²) in [5.41, 5.74) is 2.53. The standard InChI is InChI=1S/C12H19N3O4/c1-4-19-11(17)7-15(8(2)3)12(18)9-5-6-10(16)14-13-9/h8H,4-7H2,1-3H3,(H,14,16). The third-order valence-electron chi connectivity index (χ3n) is 2.64. The smallest absolute Gasteiger partial charge is 0.325 e. The Balaban J connectivity index is 2.73. The normalized spacial score (nSPS) is 14.7. The molecular weight excluding hydrogens is 250 g/mol. The van der Waals surface area contributed by atoms with E-state index in [1.807, 2.05) is 0 Å². The van der Waals surface area contributed by atoms with E-state index in [0.717, 1.165) is 0 Å². The number of hydrazone groups is 1. The van der Waals surface area contributed by atoms with Gasteiger partial charge in [-0.2, -0.15) is 5.10 Å². The maximum absolute atomic E-state index is 12.2. The Labute approximate surface area is 112 Å². The molecule has 0 aliphatic carbocycles. The average Bonchev–Trinajstić information content (AvgIpc) is 2.36. The average molecular weight is 269 g/mol. The fourth-order valence-corrected chi connectivity index (χ4v) is 1.63. The molecule has 106 valence electrons. The van der Waals surface area contributed by atoms with E-state index in [1.54, 1.807) is 20.8 Å². The Morgan fingerprint density at radius 1 is 1.42 bits per heavy atom. The van der Waals surface area contributed by atoms with E-state index >= 15 is 0 Å². The summed E-state index contributed by atoms with van der Waals surface area (Å²) in [6, 6.07) is -0.155. The molecule has 7 nitrogen and oxygen atoms in total. The van der Waals surface area contributed by atoms with Crippen molar-refractivity contribution in [1.82, 2.24) is 10.3 Å². The van der Waals surface area contributed by atoms with E-state index in [9.17, 15) is 14.4 Å². The number of hydrogen-bond acceptors (Lipinski definition) is 5. The molecule has 0 aromatic carbocycles. The van der Waals surface area contributed by atoms with Crippen molar-refractivity contribution in [2.24, 2.45) is 5.10 Å². The van der Waals surface area contributed by atoms with Crippen LogP contribution in [0.2, 0.25) is 0 Å². The maximum Gasteiger partial charge on any atom is 0.325 e. The van der Waals surface area contributed by atoms with Crippen LogP contribution in [0.25, 0.3) is 0 Å². The minimum atomic E-state index is -0.454. The molecule has 1 aliphatic rings. The minimum absolute atomic E-state index is 0.114. The number of nitrogens with zero attached hydrogens (tertiary/aromatic N) is 2. The SMILES string of the molecule is CCOC(=O)CN(C(=O)C1=NNC(=O)CC1)C(C)C. The van der Waals surface area contributed by atoms with Gasteiger partial charge in [-0.05, 0) is 20.8 Å². The van der Waals surface area contributed by atoms with Crippen LogP contribution in [0.1, 0.15) is 33.6 Å². The lowest BCUT2D eigenvalue weighted by atomic mass is 10.1. The van der Waals surface area contributed by atoms with Crippen LogP contribution >= 0.6 is 0 Å². The lowest BCUT2D eigenvalue weighted by molar-refractivity contribution is -0.148. The molecule has 1 aliphatic heterocycles. The van der Waals surface area contributed by atoms with Gasteiger partial charge in [0, 0.05) is 18.9 Å². The van der Waals surface area contributed by atoms with Crippen molar-refractivity contribution in [2.75, 3.05) is 13.2 Å². The molecule has 0 aromatic heterocycles. The van der Waals surface area contributed by atoms with Gasteiger partial charge in [0.2, 0.25) is 5.91 Å². The number of amides is 2. The number of rotatable bonds is 5. The van der Waals surface area contributed by atoms with Gasteiger partial charge in [-0.3, -0.25) is 14.4 Å². The lowest BCUT2D eigenvalue weighted by Crippen LogP contribution is -2.46. The number of hydrogen-bond donors (Lipinski definition) is 1. The first-order valence-corrected chi connectivity index (χ1v) is 6.27. The van der Waals surface area contributed by atoms with Crippen molar-refractivity contribution in [3.8, 4) is 0 Å². The fourth-order valence-electron chi connectivity index (χ4n) is 1.63. The summed E-state index contributed by atoms with van der Waals surface area (Å²) in [5, 5.41) is 3.74. The second kappa shape index (κ2) is 6.86. The molecule has 0 atom stereocenters. The highest BCUT2D eigenvalue weighted by atomic mass is 16.5. The van der Waals surface area contributed by atoms with Crippen molar-refractivity contribution in [3.05, 3.63) is 0 Å². The molecule has 0 saturated heterocycles. The molecule has 0 radical (unpaired) electrons. The van der Waals surface area contributed by atoms with E-state index in [4.69, 9.17) is 4.74 Å². The van der Waals surface area contributed by atoms with Crippen LogP contribution in [-0.4, -0.2) is 47.6 Å². The molecule has 0 saturated carbocycles. The van der Waals surface area contributed by atoms with E-state index in [1.165, 1.54) is 4.90 Å². The second-order valence-corrected chi connectivity index (χ2v) is 4.43. The number of nitrogens with one attached hydrogen (secondary N) is 1. The third kappa shape index (κ3) is 4.35. The van der Waals surface area contributed by atoms with Crippen molar-refractivity contribution >= 4 is 23.5 Å². The summed E-state index contributed by atoms with van der Waals surface area (Å²) in [5.74, 6) is -1.01. The molecule has 19 heavy (non-hydrogen) atoms. The highest BCUT2D eigenvalue weighted by Crippen LogP contribution is 2.07. The van der Waals surface area contributed by atoms with Gasteiger partial charge < -0.3 is 9.64 Å². The molecule has 0 aromatic rings. The number of esters is 1. The van der Waals surface area contributed by atoms with Crippen LogP contribution in [0.4, 0.5) is 0 Å². The lowest BCUT2D eigenvalue weighted by Gasteiger charge is -2.26. The van der Waals surface area contributed by atoms with E-state index in [2.05, 4.69) is 10.5 Å². The van der Waals surface area contributed by atoms with Gasteiger partial charge in [0.15, 0.2) is 0 Å². The van der Waals surface area contributed by atoms with E-state index in [0.29, 0.717) is 0 Å². The van der Waals surface area contributed by atoms with Crippen LogP contribution in [0.3, 0.4) is 0 Å². The van der Waals surface area contributed by atoms with Crippen LogP contribution in [0.15, 0.2) is 5.10 Å². The molecule has 1 heterocycles. The number of ether oxygens (including phenoxy) is 1. The van der Waals surface area contributed by atoms with Gasteiger partial charge in [0.05, 0.1) is 6.61 Å². The minimum Gasteiger partial charge on any atom is -0.465 e. The number of carbonyl (C=O) groups excluding carboxylic acids is 3. The molecule has 7 heteroatoms. The van der Waals surface area contributed by atoms with Gasteiger partial charge in [0.1, 0.15) is 12.3 Å². The molecule has 0 unspecified atom stereocenters. The Morgan fingerprint density at radius 2 is 2.11 bits per heavy atom. The zero-order valence-electron chi connectivity index (χ0n) is 11.4. The van der Waals surface area contributed by atoms with Crippen molar-refractivity contribution in [2.45, 2.75) is 39.7 Å². The van der Waals surface area contributed by atoms with Crippen molar-refractivity contribution < 1.29 is 19.1 Å². The van der Waals surface area contributed by atoms with Gasteiger partial charge >= 0.3 is 5.97 Å². The molecule has 0 spiro atoms. The second-order valence-electron chi connectivity index (χ2n) is 4.43. The maximum atomic E-state index is 12.2. The van der Waals surface area contributed by atoms with Crippen LogP contribution in [-0.2, 0) is 19.1 Å².